The molecule has 6 rings (SSSR count). The molecule has 41 heavy (non-hydrogen) atoms. The number of fused-ring (bicyclic) bond motifs is 2. The molecule has 6 heteroatoms. The number of carboxylic acids is 1. The Morgan fingerprint density at radius 1 is 0.854 bits per heavy atom. The second-order valence-electron chi connectivity index (χ2n) is 10.4. The zero-order valence-corrected chi connectivity index (χ0v) is 22.4. The molecule has 2 N–H and O–H groups in total. The topological polar surface area (TPSA) is 69.6 Å². The first kappa shape index (κ1) is 26.3. The standard InChI is InChI=1S/C35H29FN2O3/c36-32-20-26(30-9-3-4-10-31(30)35(40)41)13-14-29(32)22-38-17-5-8-27-19-28(15-16-33(27)38)34(39)37-21-23-11-12-24-6-1-2-7-25(24)18-23/h1-4,6-7,9-16,18-20H,5,8,17,21-22H2,(H,37,39)(H,40,41). The molecule has 0 atom stereocenters. The molecule has 0 aliphatic carbocycles. The minimum absolute atomic E-state index is 0.124. The summed E-state index contributed by atoms with van der Waals surface area (Å²) in [6.45, 7) is 1.61. The Bertz CT molecular complexity index is 1780. The Morgan fingerprint density at radius 3 is 2.49 bits per heavy atom. The Balaban J connectivity index is 1.16. The van der Waals surface area contributed by atoms with Gasteiger partial charge in [-0.15, -0.1) is 0 Å². The number of amides is 1. The highest BCUT2D eigenvalue weighted by Gasteiger charge is 2.21. The second-order valence-corrected chi connectivity index (χ2v) is 10.4. The van der Waals surface area contributed by atoms with Gasteiger partial charge in [-0.05, 0) is 82.3 Å². The van der Waals surface area contributed by atoms with Crippen molar-refractivity contribution >= 4 is 28.3 Å². The summed E-state index contributed by atoms with van der Waals surface area (Å²) >= 11 is 0. The van der Waals surface area contributed by atoms with Crippen LogP contribution < -0.4 is 10.2 Å². The van der Waals surface area contributed by atoms with Crippen molar-refractivity contribution in [1.29, 1.82) is 0 Å². The van der Waals surface area contributed by atoms with E-state index < -0.39 is 5.97 Å². The Kier molecular flexibility index (Phi) is 7.21. The van der Waals surface area contributed by atoms with Crippen molar-refractivity contribution in [2.75, 3.05) is 11.4 Å². The summed E-state index contributed by atoms with van der Waals surface area (Å²) < 4.78 is 15.3. The van der Waals surface area contributed by atoms with E-state index in [1.54, 1.807) is 30.3 Å². The van der Waals surface area contributed by atoms with Crippen LogP contribution in [0.1, 0.15) is 43.8 Å². The van der Waals surface area contributed by atoms with Gasteiger partial charge in [-0.3, -0.25) is 4.79 Å². The molecular weight excluding hydrogens is 515 g/mol. The second kappa shape index (κ2) is 11.3. The predicted octanol–water partition coefficient (Wildman–Crippen LogP) is 7.23. The summed E-state index contributed by atoms with van der Waals surface area (Å²) in [6, 6.07) is 31.6. The number of aryl methyl sites for hydroxylation is 1. The molecule has 1 heterocycles. The number of carbonyl (C=O) groups is 2. The van der Waals surface area contributed by atoms with Crippen molar-refractivity contribution < 1.29 is 19.1 Å². The van der Waals surface area contributed by atoms with Gasteiger partial charge in [-0.25, -0.2) is 9.18 Å². The maximum atomic E-state index is 15.3. The molecule has 0 aromatic heterocycles. The van der Waals surface area contributed by atoms with Gasteiger partial charge in [0.1, 0.15) is 5.82 Å². The van der Waals surface area contributed by atoms with Gasteiger partial charge >= 0.3 is 5.97 Å². The lowest BCUT2D eigenvalue weighted by Gasteiger charge is -2.32. The number of nitrogens with zero attached hydrogens (tertiary/aromatic N) is 1. The van der Waals surface area contributed by atoms with Crippen molar-refractivity contribution in [2.45, 2.75) is 25.9 Å². The average molecular weight is 545 g/mol. The van der Waals surface area contributed by atoms with Gasteiger partial charge < -0.3 is 15.3 Å². The van der Waals surface area contributed by atoms with Crippen molar-refractivity contribution in [2.24, 2.45) is 0 Å². The van der Waals surface area contributed by atoms with Crippen LogP contribution in [0.2, 0.25) is 0 Å². The molecule has 0 spiro atoms. The quantitative estimate of drug-likeness (QED) is 0.227. The number of hydrogen-bond acceptors (Lipinski definition) is 3. The summed E-state index contributed by atoms with van der Waals surface area (Å²) in [4.78, 5) is 26.7. The lowest BCUT2D eigenvalue weighted by molar-refractivity contribution is 0.0697. The van der Waals surface area contributed by atoms with Gasteiger partial charge in [0, 0.05) is 36.4 Å². The molecule has 5 aromatic rings. The molecule has 5 aromatic carbocycles. The third kappa shape index (κ3) is 5.54. The predicted molar refractivity (Wildman–Crippen MR) is 160 cm³/mol. The molecule has 1 amide bonds. The molecule has 0 saturated heterocycles. The lowest BCUT2D eigenvalue weighted by atomic mass is 9.96. The minimum Gasteiger partial charge on any atom is -0.478 e. The molecule has 0 saturated carbocycles. The molecule has 1 aliphatic rings. The van der Waals surface area contributed by atoms with Gasteiger partial charge in [0.25, 0.3) is 5.91 Å². The highest BCUT2D eigenvalue weighted by atomic mass is 19.1. The zero-order valence-electron chi connectivity index (χ0n) is 22.4. The maximum absolute atomic E-state index is 15.3. The van der Waals surface area contributed by atoms with Crippen LogP contribution in [-0.2, 0) is 19.5 Å². The summed E-state index contributed by atoms with van der Waals surface area (Å²) in [6.07, 6.45) is 1.76. The van der Waals surface area contributed by atoms with E-state index in [9.17, 15) is 14.7 Å². The zero-order chi connectivity index (χ0) is 28.3. The van der Waals surface area contributed by atoms with Crippen LogP contribution in [0.25, 0.3) is 21.9 Å². The lowest BCUT2D eigenvalue weighted by Crippen LogP contribution is -2.30. The highest BCUT2D eigenvalue weighted by Crippen LogP contribution is 2.31. The van der Waals surface area contributed by atoms with Crippen LogP contribution in [0.5, 0.6) is 0 Å². The molecule has 1 aliphatic heterocycles. The SMILES string of the molecule is O=C(NCc1ccc2ccccc2c1)c1ccc2c(c1)CCCN2Cc1ccc(-c2ccccc2C(=O)O)cc1F. The third-order valence-corrected chi connectivity index (χ3v) is 7.71. The molecule has 0 fully saturated rings. The first-order chi connectivity index (χ1) is 20.0. The van der Waals surface area contributed by atoms with Crippen LogP contribution in [0.15, 0.2) is 103 Å². The molecule has 0 bridgehead atoms. The minimum atomic E-state index is -1.04. The van der Waals surface area contributed by atoms with Gasteiger partial charge in [0.2, 0.25) is 0 Å². The van der Waals surface area contributed by atoms with Gasteiger partial charge in [0.05, 0.1) is 5.56 Å². The van der Waals surface area contributed by atoms with Crippen molar-refractivity contribution in [3.63, 3.8) is 0 Å². The first-order valence-corrected chi connectivity index (χ1v) is 13.7. The fourth-order valence-corrected chi connectivity index (χ4v) is 5.58. The van der Waals surface area contributed by atoms with Crippen LogP contribution in [0.3, 0.4) is 0 Å². The summed E-state index contributed by atoms with van der Waals surface area (Å²) in [5.41, 5.74) is 5.42. The van der Waals surface area contributed by atoms with Crippen molar-refractivity contribution in [3.8, 4) is 11.1 Å². The number of carbonyl (C=O) groups excluding carboxylic acids is 1. The smallest absolute Gasteiger partial charge is 0.336 e. The molecule has 0 unspecified atom stereocenters. The van der Waals surface area contributed by atoms with Crippen LogP contribution >= 0.6 is 0 Å². The van der Waals surface area contributed by atoms with E-state index in [4.69, 9.17) is 0 Å². The Morgan fingerprint density at radius 2 is 1.66 bits per heavy atom. The van der Waals surface area contributed by atoms with E-state index in [2.05, 4.69) is 34.5 Å². The van der Waals surface area contributed by atoms with Gasteiger partial charge in [0.15, 0.2) is 0 Å². The number of halogens is 1. The number of anilines is 1. The number of carboxylic acid groups (broad SMARTS) is 1. The normalized spacial score (nSPS) is 12.7. The largest absolute Gasteiger partial charge is 0.478 e. The Labute approximate surface area is 237 Å². The van der Waals surface area contributed by atoms with E-state index >= 15 is 4.39 Å². The molecule has 5 nitrogen and oxygen atoms in total. The molecule has 204 valence electrons. The third-order valence-electron chi connectivity index (χ3n) is 7.71. The fraction of sp³-hybridized carbons (Fsp3) is 0.143. The number of benzene rings is 5. The van der Waals surface area contributed by atoms with Crippen molar-refractivity contribution in [3.05, 3.63) is 137 Å². The number of aromatic carboxylic acids is 1. The van der Waals surface area contributed by atoms with Crippen molar-refractivity contribution in [1.82, 2.24) is 5.32 Å². The van der Waals surface area contributed by atoms with E-state index in [1.807, 2.05) is 36.4 Å². The first-order valence-electron chi connectivity index (χ1n) is 13.7. The number of nitrogens with one attached hydrogen (secondary N) is 1. The molecule has 0 radical (unpaired) electrons. The van der Waals surface area contributed by atoms with E-state index in [1.165, 1.54) is 17.5 Å². The highest BCUT2D eigenvalue weighted by molar-refractivity contribution is 5.96. The Hall–Kier alpha value is -4.97. The maximum Gasteiger partial charge on any atom is 0.336 e. The van der Waals surface area contributed by atoms with Crippen LogP contribution in [-0.4, -0.2) is 23.5 Å². The molecular formula is C35H29FN2O3. The van der Waals surface area contributed by atoms with Crippen LogP contribution in [0.4, 0.5) is 10.1 Å². The number of hydrogen-bond donors (Lipinski definition) is 2. The van der Waals surface area contributed by atoms with E-state index in [-0.39, 0.29) is 17.3 Å². The van der Waals surface area contributed by atoms with Crippen LogP contribution in [0, 0.1) is 5.82 Å². The fourth-order valence-electron chi connectivity index (χ4n) is 5.58. The van der Waals surface area contributed by atoms with E-state index in [0.717, 1.165) is 41.6 Å². The van der Waals surface area contributed by atoms with E-state index in [0.29, 0.717) is 35.3 Å². The summed E-state index contributed by atoms with van der Waals surface area (Å²) in [5, 5.41) is 14.9. The van der Waals surface area contributed by atoms with Gasteiger partial charge in [-0.2, -0.15) is 0 Å². The van der Waals surface area contributed by atoms with Gasteiger partial charge in [-0.1, -0.05) is 66.7 Å². The monoisotopic (exact) mass is 544 g/mol. The summed E-state index contributed by atoms with van der Waals surface area (Å²) in [5.74, 6) is -1.54. The average Bonchev–Trinajstić information content (AvgIpc) is 3.00. The summed E-state index contributed by atoms with van der Waals surface area (Å²) in [7, 11) is 0. The number of rotatable bonds is 7.